The van der Waals surface area contributed by atoms with Crippen LogP contribution in [-0.2, 0) is 16.6 Å². The summed E-state index contributed by atoms with van der Waals surface area (Å²) in [6, 6.07) is 9.72. The number of carbonyl (C=O) groups is 1. The third-order valence-corrected chi connectivity index (χ3v) is 3.54. The summed E-state index contributed by atoms with van der Waals surface area (Å²) in [7, 11) is 0. The first-order chi connectivity index (χ1) is 9.84. The molecule has 0 atom stereocenters. The number of aryl methyl sites for hydroxylation is 1. The molecule has 0 unspecified atom stereocenters. The molecule has 0 radical (unpaired) electrons. The van der Waals surface area contributed by atoms with Crippen molar-refractivity contribution in [1.82, 2.24) is 5.16 Å². The fourth-order valence-corrected chi connectivity index (χ4v) is 2.29. The van der Waals surface area contributed by atoms with Gasteiger partial charge in [-0.15, -0.1) is 0 Å². The first-order valence-corrected chi connectivity index (χ1v) is 7.65. The molecule has 0 aliphatic rings. The molecule has 0 aliphatic carbocycles. The van der Waals surface area contributed by atoms with Gasteiger partial charge in [-0.05, 0) is 24.1 Å². The number of hydrogen-bond donors (Lipinski definition) is 1. The van der Waals surface area contributed by atoms with Crippen molar-refractivity contribution < 1.29 is 9.32 Å². The highest BCUT2D eigenvalue weighted by atomic mass is 79.9. The number of halogens is 1. The van der Waals surface area contributed by atoms with Crippen LogP contribution in [0.15, 0.2) is 39.3 Å². The van der Waals surface area contributed by atoms with Gasteiger partial charge < -0.3 is 9.84 Å². The zero-order chi connectivity index (χ0) is 15.5. The fraction of sp³-hybridized carbons (Fsp3) is 0.375. The third-order valence-electron chi connectivity index (χ3n) is 3.05. The summed E-state index contributed by atoms with van der Waals surface area (Å²) in [4.78, 5) is 11.9. The van der Waals surface area contributed by atoms with Gasteiger partial charge in [-0.2, -0.15) is 0 Å². The van der Waals surface area contributed by atoms with Gasteiger partial charge >= 0.3 is 0 Å². The zero-order valence-electron chi connectivity index (χ0n) is 12.4. The lowest BCUT2D eigenvalue weighted by atomic mass is 9.93. The SMILES string of the molecule is CC(C)(C)c1cc(NC(=O)CCc2cccc(Br)c2)no1. The Kier molecular flexibility index (Phi) is 4.83. The number of nitrogens with one attached hydrogen (secondary N) is 1. The molecule has 0 saturated carbocycles. The molecular formula is C16H19BrN2O2. The Hall–Kier alpha value is -1.62. The summed E-state index contributed by atoms with van der Waals surface area (Å²) in [6.07, 6.45) is 1.10. The lowest BCUT2D eigenvalue weighted by molar-refractivity contribution is -0.116. The van der Waals surface area contributed by atoms with E-state index in [1.54, 1.807) is 6.07 Å². The van der Waals surface area contributed by atoms with Crippen LogP contribution in [0.4, 0.5) is 5.82 Å². The number of rotatable bonds is 4. The molecule has 5 heteroatoms. The number of hydrogen-bond acceptors (Lipinski definition) is 3. The summed E-state index contributed by atoms with van der Waals surface area (Å²) in [5.74, 6) is 1.16. The molecule has 112 valence electrons. The molecule has 1 aromatic carbocycles. The van der Waals surface area contributed by atoms with Gasteiger partial charge in [0.1, 0.15) is 5.76 Å². The highest BCUT2D eigenvalue weighted by molar-refractivity contribution is 9.10. The zero-order valence-corrected chi connectivity index (χ0v) is 14.0. The summed E-state index contributed by atoms with van der Waals surface area (Å²) < 4.78 is 6.26. The fourth-order valence-electron chi connectivity index (χ4n) is 1.84. The normalized spacial score (nSPS) is 11.4. The van der Waals surface area contributed by atoms with E-state index in [1.165, 1.54) is 0 Å². The van der Waals surface area contributed by atoms with Crippen LogP contribution in [0.1, 0.15) is 38.5 Å². The van der Waals surface area contributed by atoms with Crippen molar-refractivity contribution in [2.24, 2.45) is 0 Å². The van der Waals surface area contributed by atoms with Crippen LogP contribution in [0, 0.1) is 0 Å². The van der Waals surface area contributed by atoms with Gasteiger partial charge in [0.15, 0.2) is 5.82 Å². The van der Waals surface area contributed by atoms with E-state index in [2.05, 4.69) is 26.4 Å². The van der Waals surface area contributed by atoms with Gasteiger partial charge in [0.2, 0.25) is 5.91 Å². The molecule has 0 saturated heterocycles. The number of amides is 1. The first-order valence-electron chi connectivity index (χ1n) is 6.86. The molecule has 1 amide bonds. The Balaban J connectivity index is 1.89. The molecule has 0 fully saturated rings. The van der Waals surface area contributed by atoms with Gasteiger partial charge in [-0.3, -0.25) is 4.79 Å². The third kappa shape index (κ3) is 4.70. The van der Waals surface area contributed by atoms with Gasteiger partial charge in [-0.25, -0.2) is 0 Å². The molecule has 0 aliphatic heterocycles. The predicted molar refractivity (Wildman–Crippen MR) is 86.3 cm³/mol. The van der Waals surface area contributed by atoms with Gasteiger partial charge in [0.25, 0.3) is 0 Å². The van der Waals surface area contributed by atoms with Crippen LogP contribution >= 0.6 is 15.9 Å². The van der Waals surface area contributed by atoms with Crippen molar-refractivity contribution in [3.05, 3.63) is 46.1 Å². The minimum atomic E-state index is -0.119. The quantitative estimate of drug-likeness (QED) is 0.893. The van der Waals surface area contributed by atoms with E-state index < -0.39 is 0 Å². The Labute approximate surface area is 133 Å². The maximum Gasteiger partial charge on any atom is 0.225 e. The molecule has 2 rings (SSSR count). The summed E-state index contributed by atoms with van der Waals surface area (Å²) in [5, 5.41) is 6.64. The van der Waals surface area contributed by atoms with Crippen molar-refractivity contribution in [1.29, 1.82) is 0 Å². The molecule has 1 N–H and O–H groups in total. The van der Waals surface area contributed by atoms with Crippen molar-refractivity contribution in [2.45, 2.75) is 39.0 Å². The monoisotopic (exact) mass is 350 g/mol. The lowest BCUT2D eigenvalue weighted by Crippen LogP contribution is -2.13. The van der Waals surface area contributed by atoms with Crippen LogP contribution in [0.5, 0.6) is 0 Å². The summed E-state index contributed by atoms with van der Waals surface area (Å²) >= 11 is 3.42. The molecule has 1 aromatic heterocycles. The maximum atomic E-state index is 11.9. The molecule has 4 nitrogen and oxygen atoms in total. The highest BCUT2D eigenvalue weighted by Crippen LogP contribution is 2.24. The Morgan fingerprint density at radius 3 is 2.71 bits per heavy atom. The van der Waals surface area contributed by atoms with Crippen LogP contribution in [0.3, 0.4) is 0 Å². The molecular weight excluding hydrogens is 332 g/mol. The van der Waals surface area contributed by atoms with E-state index in [1.807, 2.05) is 45.0 Å². The second-order valence-corrected chi connectivity index (χ2v) is 6.92. The summed E-state index contributed by atoms with van der Waals surface area (Å²) in [6.45, 7) is 6.10. The van der Waals surface area contributed by atoms with Gasteiger partial charge in [-0.1, -0.05) is 54.0 Å². The minimum absolute atomic E-state index is 0.0660. The van der Waals surface area contributed by atoms with Crippen molar-refractivity contribution in [3.8, 4) is 0 Å². The largest absolute Gasteiger partial charge is 0.359 e. The van der Waals surface area contributed by atoms with Crippen LogP contribution in [-0.4, -0.2) is 11.1 Å². The van der Waals surface area contributed by atoms with E-state index >= 15 is 0 Å². The molecule has 21 heavy (non-hydrogen) atoms. The number of aromatic nitrogens is 1. The van der Waals surface area contributed by atoms with E-state index in [-0.39, 0.29) is 11.3 Å². The predicted octanol–water partition coefficient (Wildman–Crippen LogP) is 4.31. The Bertz CT molecular complexity index is 629. The minimum Gasteiger partial charge on any atom is -0.359 e. The Morgan fingerprint density at radius 2 is 2.10 bits per heavy atom. The second kappa shape index (κ2) is 6.43. The number of anilines is 1. The smallest absolute Gasteiger partial charge is 0.225 e. The molecule has 0 bridgehead atoms. The maximum absolute atomic E-state index is 11.9. The van der Waals surface area contributed by atoms with Crippen molar-refractivity contribution >= 4 is 27.7 Å². The van der Waals surface area contributed by atoms with E-state index in [0.717, 1.165) is 15.8 Å². The van der Waals surface area contributed by atoms with Crippen LogP contribution in [0.2, 0.25) is 0 Å². The van der Waals surface area contributed by atoms with Crippen LogP contribution in [0.25, 0.3) is 0 Å². The average molecular weight is 351 g/mol. The van der Waals surface area contributed by atoms with E-state index in [4.69, 9.17) is 4.52 Å². The number of benzene rings is 1. The molecule has 2 aromatic rings. The highest BCUT2D eigenvalue weighted by Gasteiger charge is 2.20. The van der Waals surface area contributed by atoms with Gasteiger partial charge in [0, 0.05) is 22.4 Å². The Morgan fingerprint density at radius 1 is 1.33 bits per heavy atom. The van der Waals surface area contributed by atoms with Gasteiger partial charge in [0.05, 0.1) is 0 Å². The molecule has 1 heterocycles. The van der Waals surface area contributed by atoms with Crippen molar-refractivity contribution in [2.75, 3.05) is 5.32 Å². The van der Waals surface area contributed by atoms with Crippen LogP contribution < -0.4 is 5.32 Å². The topological polar surface area (TPSA) is 55.1 Å². The molecule has 0 spiro atoms. The van der Waals surface area contributed by atoms with E-state index in [9.17, 15) is 4.79 Å². The standard InChI is InChI=1S/C16H19BrN2O2/c1-16(2,3)13-10-14(19-21-13)18-15(20)8-7-11-5-4-6-12(17)9-11/h4-6,9-10H,7-8H2,1-3H3,(H,18,19,20). The number of nitrogens with zero attached hydrogens (tertiary/aromatic N) is 1. The lowest BCUT2D eigenvalue weighted by Gasteiger charge is -2.12. The average Bonchev–Trinajstić information content (AvgIpc) is 2.85. The van der Waals surface area contributed by atoms with Crippen molar-refractivity contribution in [3.63, 3.8) is 0 Å². The first kappa shape index (κ1) is 15.8. The second-order valence-electron chi connectivity index (χ2n) is 6.00. The van der Waals surface area contributed by atoms with E-state index in [0.29, 0.717) is 18.7 Å². The summed E-state index contributed by atoms with van der Waals surface area (Å²) in [5.41, 5.74) is 1.00. The number of carbonyl (C=O) groups excluding carboxylic acids is 1.